The minimum Gasteiger partial charge on any atom is -0.431 e. The highest BCUT2D eigenvalue weighted by Crippen LogP contribution is 2.67. The van der Waals surface area contributed by atoms with Crippen LogP contribution >= 0.6 is 0 Å². The van der Waals surface area contributed by atoms with Crippen LogP contribution in [0.5, 0.6) is 0 Å². The summed E-state index contributed by atoms with van der Waals surface area (Å²) in [7, 11) is 0. The van der Waals surface area contributed by atoms with Crippen molar-refractivity contribution in [2.24, 2.45) is 51.8 Å². The zero-order chi connectivity index (χ0) is 37.0. The largest absolute Gasteiger partial charge is 0.508 e. The third-order valence-electron chi connectivity index (χ3n) is 14.9. The van der Waals surface area contributed by atoms with Gasteiger partial charge in [0.25, 0.3) is 0 Å². The third-order valence-corrected chi connectivity index (χ3v) is 14.9. The van der Waals surface area contributed by atoms with E-state index >= 15 is 0 Å². The average Bonchev–Trinajstić information content (AvgIpc) is 3.41. The number of allylic oxidation sites excluding steroid dienone is 10. The second-order valence-electron chi connectivity index (χ2n) is 19.3. The Hall–Kier alpha value is -2.29. The van der Waals surface area contributed by atoms with Crippen LogP contribution in [0.4, 0.5) is 4.79 Å². The molecule has 0 spiro atoms. The molecule has 5 rings (SSSR count). The fourth-order valence-corrected chi connectivity index (χ4v) is 11.9. The van der Waals surface area contributed by atoms with E-state index in [4.69, 9.17) is 9.47 Å². The Balaban J connectivity index is 1.08. The molecule has 0 N–H and O–H groups in total. The molecule has 8 atom stereocenters. The maximum absolute atomic E-state index is 12.7. The predicted octanol–water partition coefficient (Wildman–Crippen LogP) is 14.1. The summed E-state index contributed by atoms with van der Waals surface area (Å²) in [5, 5.41) is 0. The maximum atomic E-state index is 12.7. The molecule has 5 aliphatic rings. The van der Waals surface area contributed by atoms with Gasteiger partial charge in [-0.2, -0.15) is 0 Å². The Morgan fingerprint density at radius 1 is 0.941 bits per heavy atom. The van der Waals surface area contributed by atoms with Gasteiger partial charge in [0.15, 0.2) is 0 Å². The van der Waals surface area contributed by atoms with Crippen LogP contribution in [0.15, 0.2) is 70.4 Å². The number of rotatable bonds is 12. The third kappa shape index (κ3) is 9.27. The summed E-state index contributed by atoms with van der Waals surface area (Å²) < 4.78 is 11.4. The van der Waals surface area contributed by atoms with Crippen molar-refractivity contribution < 1.29 is 14.3 Å². The van der Waals surface area contributed by atoms with E-state index in [2.05, 4.69) is 98.8 Å². The molecule has 0 aromatic carbocycles. The molecular weight excluding hydrogens is 625 g/mol. The molecule has 0 amide bonds. The van der Waals surface area contributed by atoms with Crippen molar-refractivity contribution in [3.63, 3.8) is 0 Å². The smallest absolute Gasteiger partial charge is 0.431 e. The summed E-state index contributed by atoms with van der Waals surface area (Å²) in [4.78, 5) is 12.7. The van der Waals surface area contributed by atoms with Crippen molar-refractivity contribution in [2.45, 2.75) is 165 Å². The Kier molecular flexibility index (Phi) is 13.1. The first kappa shape index (κ1) is 39.9. The van der Waals surface area contributed by atoms with Gasteiger partial charge in [0.2, 0.25) is 0 Å². The topological polar surface area (TPSA) is 35.5 Å². The first-order chi connectivity index (χ1) is 24.1. The minimum atomic E-state index is -0.532. The summed E-state index contributed by atoms with van der Waals surface area (Å²) >= 11 is 0. The van der Waals surface area contributed by atoms with E-state index in [1.165, 1.54) is 87.3 Å². The molecule has 5 aliphatic carbocycles. The van der Waals surface area contributed by atoms with E-state index in [0.29, 0.717) is 5.41 Å². The zero-order valence-electron chi connectivity index (χ0n) is 34.4. The molecular formula is C48H74O3. The monoisotopic (exact) mass is 699 g/mol. The number of hydrogen-bond donors (Lipinski definition) is 0. The van der Waals surface area contributed by atoms with Crippen LogP contribution < -0.4 is 0 Å². The van der Waals surface area contributed by atoms with Crippen LogP contribution in [0.1, 0.15) is 159 Å². The molecule has 3 fully saturated rings. The van der Waals surface area contributed by atoms with E-state index in [1.54, 1.807) is 5.57 Å². The van der Waals surface area contributed by atoms with Crippen molar-refractivity contribution in [3.05, 3.63) is 70.4 Å². The van der Waals surface area contributed by atoms with Gasteiger partial charge in [-0.25, -0.2) is 4.79 Å². The molecule has 0 aromatic heterocycles. The summed E-state index contributed by atoms with van der Waals surface area (Å²) in [6, 6.07) is 0. The Morgan fingerprint density at radius 2 is 1.73 bits per heavy atom. The van der Waals surface area contributed by atoms with E-state index in [-0.39, 0.29) is 23.5 Å². The van der Waals surface area contributed by atoms with Crippen LogP contribution in [0, 0.1) is 51.8 Å². The quantitative estimate of drug-likeness (QED) is 0.116. The fraction of sp³-hybridized carbons (Fsp3) is 0.729. The van der Waals surface area contributed by atoms with Crippen LogP contribution in [-0.2, 0) is 9.47 Å². The fourth-order valence-electron chi connectivity index (χ4n) is 11.9. The molecule has 0 aromatic rings. The van der Waals surface area contributed by atoms with Crippen molar-refractivity contribution in [1.29, 1.82) is 0 Å². The molecule has 0 radical (unpaired) electrons. The van der Waals surface area contributed by atoms with Crippen LogP contribution in [0.3, 0.4) is 0 Å². The lowest BCUT2D eigenvalue weighted by atomic mass is 9.47. The number of ether oxygens (including phenoxy) is 2. The Labute approximate surface area is 313 Å². The van der Waals surface area contributed by atoms with Gasteiger partial charge in [0.1, 0.15) is 12.7 Å². The molecule has 0 bridgehead atoms. The highest BCUT2D eigenvalue weighted by Gasteiger charge is 2.59. The van der Waals surface area contributed by atoms with Gasteiger partial charge >= 0.3 is 6.16 Å². The maximum Gasteiger partial charge on any atom is 0.508 e. The van der Waals surface area contributed by atoms with E-state index in [0.717, 1.165) is 60.3 Å². The first-order valence-corrected chi connectivity index (χ1v) is 21.1. The highest BCUT2D eigenvalue weighted by molar-refractivity contribution is 5.60. The van der Waals surface area contributed by atoms with Gasteiger partial charge < -0.3 is 9.47 Å². The molecule has 0 aliphatic heterocycles. The second kappa shape index (κ2) is 16.8. The lowest BCUT2D eigenvalue weighted by Gasteiger charge is -2.58. The van der Waals surface area contributed by atoms with Gasteiger partial charge in [0.05, 0.1) is 0 Å². The van der Waals surface area contributed by atoms with Gasteiger partial charge in [-0.3, -0.25) is 0 Å². The standard InChI is InChI=1S/C48H74O3/c1-33(2)14-11-17-37(6)42-23-24-43-40-21-20-38-32-39(25-29-47(38,9)44(40)26-30-48(42,43)10)51-45(49)50-31-27-35(4)16-12-15-34(3)19-22-41-36(5)18-13-28-46(41,7)8/h12,15-16,19-20,22,27,33,37,39-40,42-44H,11,13-14,17-18,21,23-26,28-32H2,1-10H3/t37-,39?,40?,42-,43?,44?,47+,48-/m1/s1. The number of hydrogen-bond acceptors (Lipinski definition) is 3. The van der Waals surface area contributed by atoms with E-state index in [1.807, 2.05) is 13.0 Å². The Morgan fingerprint density at radius 3 is 2.47 bits per heavy atom. The molecule has 0 heterocycles. The molecule has 3 heteroatoms. The molecule has 284 valence electrons. The average molecular weight is 699 g/mol. The number of carbonyl (C=O) groups excluding carboxylic acids is 1. The Bertz CT molecular complexity index is 1420. The summed E-state index contributed by atoms with van der Waals surface area (Å²) in [6.45, 7) is 24.0. The number of carbonyl (C=O) groups is 1. The first-order valence-electron chi connectivity index (χ1n) is 21.1. The van der Waals surface area contributed by atoms with Crippen LogP contribution in [0.25, 0.3) is 0 Å². The predicted molar refractivity (Wildman–Crippen MR) is 215 cm³/mol. The van der Waals surface area contributed by atoms with Crippen LogP contribution in [0.2, 0.25) is 0 Å². The van der Waals surface area contributed by atoms with Crippen molar-refractivity contribution in [2.75, 3.05) is 6.61 Å². The summed E-state index contributed by atoms with van der Waals surface area (Å²) in [5.74, 6) is 5.04. The van der Waals surface area contributed by atoms with Gasteiger partial charge in [-0.1, -0.05) is 126 Å². The SMILES string of the molecule is CC(C=CC1=C(C)CCCC1(C)C)=CC=CC(C)=CCOC(=O)OC1CC[C@@]2(C)C(=CCC3C2CC[C@@]2(C)C3CC[C@@H]2[C@H](C)CCCC(C)C)C1. The van der Waals surface area contributed by atoms with Gasteiger partial charge in [-0.05, 0) is 148 Å². The molecule has 3 nitrogen and oxygen atoms in total. The van der Waals surface area contributed by atoms with E-state index < -0.39 is 6.16 Å². The minimum absolute atomic E-state index is 0.0744. The van der Waals surface area contributed by atoms with Crippen LogP contribution in [-0.4, -0.2) is 18.9 Å². The lowest BCUT2D eigenvalue weighted by molar-refractivity contribution is -0.0613. The highest BCUT2D eigenvalue weighted by atomic mass is 16.7. The van der Waals surface area contributed by atoms with Crippen molar-refractivity contribution in [1.82, 2.24) is 0 Å². The molecule has 51 heavy (non-hydrogen) atoms. The molecule has 3 saturated carbocycles. The zero-order valence-corrected chi connectivity index (χ0v) is 34.4. The van der Waals surface area contributed by atoms with Gasteiger partial charge in [0, 0.05) is 6.42 Å². The van der Waals surface area contributed by atoms with E-state index in [9.17, 15) is 4.79 Å². The van der Waals surface area contributed by atoms with Gasteiger partial charge in [-0.15, -0.1) is 0 Å². The van der Waals surface area contributed by atoms with Crippen molar-refractivity contribution in [3.8, 4) is 0 Å². The summed E-state index contributed by atoms with van der Waals surface area (Å²) in [5.41, 5.74) is 7.89. The molecule has 4 unspecified atom stereocenters. The molecule has 0 saturated heterocycles. The lowest BCUT2D eigenvalue weighted by Crippen LogP contribution is -2.51. The normalized spacial score (nSPS) is 34.7. The summed E-state index contributed by atoms with van der Waals surface area (Å²) in [6.07, 6.45) is 32.5. The number of fused-ring (bicyclic) bond motifs is 5. The second-order valence-corrected chi connectivity index (χ2v) is 19.3. The van der Waals surface area contributed by atoms with Crippen molar-refractivity contribution >= 4 is 6.16 Å².